The van der Waals surface area contributed by atoms with Gasteiger partial charge in [0.05, 0.1) is 18.0 Å². The van der Waals surface area contributed by atoms with Gasteiger partial charge in [-0.1, -0.05) is 12.1 Å². The number of Topliss-reactive ketones (excluding diaryl/α,β-unsaturated/α-hetero) is 1. The van der Waals surface area contributed by atoms with Gasteiger partial charge < -0.3 is 20.1 Å². The minimum atomic E-state index is -1.02. The van der Waals surface area contributed by atoms with Crippen molar-refractivity contribution < 1.29 is 28.7 Å². The number of carbonyl (C=O) groups is 4. The van der Waals surface area contributed by atoms with E-state index in [0.717, 1.165) is 5.56 Å². The number of esters is 1. The van der Waals surface area contributed by atoms with Crippen molar-refractivity contribution in [2.75, 3.05) is 17.2 Å². The predicted molar refractivity (Wildman–Crippen MR) is 103 cm³/mol. The Morgan fingerprint density at radius 1 is 1.03 bits per heavy atom. The second-order valence-corrected chi connectivity index (χ2v) is 6.89. The molecule has 2 aromatic rings. The van der Waals surface area contributed by atoms with Crippen molar-refractivity contribution in [3.63, 3.8) is 0 Å². The third-order valence-electron chi connectivity index (χ3n) is 4.91. The number of benzene rings is 2. The van der Waals surface area contributed by atoms with Gasteiger partial charge in [0.2, 0.25) is 5.91 Å². The highest BCUT2D eigenvalue weighted by Crippen LogP contribution is 2.33. The Bertz CT molecular complexity index is 1030. The lowest BCUT2D eigenvalue weighted by Crippen LogP contribution is -2.39. The number of fused-ring (bicyclic) bond motifs is 2. The molecule has 2 amide bonds. The molecule has 2 aliphatic rings. The number of ether oxygens (including phenoxy) is 2. The lowest BCUT2D eigenvalue weighted by atomic mass is 9.99. The molecule has 2 N–H and O–H groups in total. The molecule has 8 nitrogen and oxygen atoms in total. The maximum atomic E-state index is 12.4. The van der Waals surface area contributed by atoms with Crippen LogP contribution in [0.2, 0.25) is 0 Å². The van der Waals surface area contributed by atoms with Gasteiger partial charge in [0.1, 0.15) is 5.75 Å². The molecule has 148 valence electrons. The average molecular weight is 394 g/mol. The molecule has 0 bridgehead atoms. The van der Waals surface area contributed by atoms with Crippen LogP contribution < -0.4 is 15.4 Å². The molecule has 0 radical (unpaired) electrons. The fraction of sp³-hybridized carbons (Fsp3) is 0.238. The fourth-order valence-corrected chi connectivity index (χ4v) is 3.26. The Morgan fingerprint density at radius 3 is 2.62 bits per heavy atom. The Kier molecular flexibility index (Phi) is 4.75. The zero-order valence-corrected chi connectivity index (χ0v) is 15.6. The second kappa shape index (κ2) is 7.38. The molecule has 0 saturated carbocycles. The van der Waals surface area contributed by atoms with Crippen LogP contribution in [0.3, 0.4) is 0 Å². The molecule has 29 heavy (non-hydrogen) atoms. The molecular weight excluding hydrogens is 376 g/mol. The maximum absolute atomic E-state index is 12.4. The second-order valence-electron chi connectivity index (χ2n) is 6.89. The summed E-state index contributed by atoms with van der Waals surface area (Å²) in [6, 6.07) is 11.7. The van der Waals surface area contributed by atoms with E-state index >= 15 is 0 Å². The van der Waals surface area contributed by atoms with Gasteiger partial charge in [-0.2, -0.15) is 0 Å². The van der Waals surface area contributed by atoms with Crippen LogP contribution in [0.1, 0.15) is 35.2 Å². The van der Waals surface area contributed by atoms with Crippen molar-refractivity contribution in [1.82, 2.24) is 0 Å². The van der Waals surface area contributed by atoms with E-state index in [1.807, 2.05) is 0 Å². The smallest absolute Gasteiger partial charge is 0.310 e. The molecule has 0 aliphatic carbocycles. The van der Waals surface area contributed by atoms with Gasteiger partial charge in [0.25, 0.3) is 5.91 Å². The number of carbonyl (C=O) groups excluding carboxylic acids is 4. The topological polar surface area (TPSA) is 111 Å². The number of rotatable bonds is 5. The van der Waals surface area contributed by atoms with Crippen LogP contribution in [-0.4, -0.2) is 36.3 Å². The minimum Gasteiger partial charge on any atom is -0.478 e. The zero-order chi connectivity index (χ0) is 20.5. The number of hydrogen-bond acceptors (Lipinski definition) is 6. The summed E-state index contributed by atoms with van der Waals surface area (Å²) in [4.78, 5) is 48.2. The monoisotopic (exact) mass is 394 g/mol. The minimum absolute atomic E-state index is 0.122. The molecular formula is C21H18N2O6. The molecule has 0 unspecified atom stereocenters. The number of amides is 2. The molecule has 2 aliphatic heterocycles. The SMILES string of the molecule is C[C@H]1C(=O)Nc2ccc(C(=O)COC(=O)C[C@H]3Oc4ccccc4NC3=O)cc21. The third-order valence-corrected chi connectivity index (χ3v) is 4.91. The molecule has 0 saturated heterocycles. The summed E-state index contributed by atoms with van der Waals surface area (Å²) in [5.41, 5.74) is 2.30. The van der Waals surface area contributed by atoms with E-state index in [4.69, 9.17) is 9.47 Å². The van der Waals surface area contributed by atoms with Crippen LogP contribution in [0.5, 0.6) is 5.75 Å². The fourth-order valence-electron chi connectivity index (χ4n) is 3.26. The largest absolute Gasteiger partial charge is 0.478 e. The van der Waals surface area contributed by atoms with Gasteiger partial charge in [0, 0.05) is 11.3 Å². The first-order chi connectivity index (χ1) is 13.9. The molecule has 8 heteroatoms. The van der Waals surface area contributed by atoms with Gasteiger partial charge in [0.15, 0.2) is 18.5 Å². The summed E-state index contributed by atoms with van der Waals surface area (Å²) in [6.45, 7) is 1.29. The van der Waals surface area contributed by atoms with E-state index in [-0.39, 0.29) is 18.2 Å². The van der Waals surface area contributed by atoms with Crippen molar-refractivity contribution >= 4 is 34.9 Å². The van der Waals surface area contributed by atoms with E-state index in [0.29, 0.717) is 22.7 Å². The summed E-state index contributed by atoms with van der Waals surface area (Å²) >= 11 is 0. The molecule has 2 heterocycles. The van der Waals surface area contributed by atoms with Crippen molar-refractivity contribution in [2.24, 2.45) is 0 Å². The molecule has 4 rings (SSSR count). The van der Waals surface area contributed by atoms with E-state index in [2.05, 4.69) is 10.6 Å². The van der Waals surface area contributed by atoms with Gasteiger partial charge in [-0.3, -0.25) is 19.2 Å². The Hall–Kier alpha value is -3.68. The summed E-state index contributed by atoms with van der Waals surface area (Å²) in [7, 11) is 0. The first kappa shape index (κ1) is 18.7. The van der Waals surface area contributed by atoms with Crippen LogP contribution in [0, 0.1) is 0 Å². The van der Waals surface area contributed by atoms with Crippen LogP contribution in [-0.2, 0) is 19.1 Å². The van der Waals surface area contributed by atoms with Crippen molar-refractivity contribution in [2.45, 2.75) is 25.4 Å². The maximum Gasteiger partial charge on any atom is 0.310 e. The van der Waals surface area contributed by atoms with E-state index < -0.39 is 30.4 Å². The lowest BCUT2D eigenvalue weighted by molar-refractivity contribution is -0.146. The van der Waals surface area contributed by atoms with Gasteiger partial charge in [-0.05, 0) is 42.8 Å². The number of anilines is 2. The van der Waals surface area contributed by atoms with E-state index in [9.17, 15) is 19.2 Å². The van der Waals surface area contributed by atoms with Crippen LogP contribution in [0.15, 0.2) is 42.5 Å². The summed E-state index contributed by atoms with van der Waals surface area (Å²) in [6.07, 6.45) is -1.34. The molecule has 0 fully saturated rings. The van der Waals surface area contributed by atoms with Crippen molar-refractivity contribution in [3.05, 3.63) is 53.6 Å². The lowest BCUT2D eigenvalue weighted by Gasteiger charge is -2.25. The summed E-state index contributed by atoms with van der Waals surface area (Å²) in [5, 5.41) is 5.40. The third kappa shape index (κ3) is 3.69. The van der Waals surface area contributed by atoms with Crippen LogP contribution in [0.25, 0.3) is 0 Å². The number of para-hydroxylation sites is 2. The first-order valence-electron chi connectivity index (χ1n) is 9.12. The van der Waals surface area contributed by atoms with E-state index in [1.165, 1.54) is 0 Å². The number of ketones is 1. The average Bonchev–Trinajstić information content (AvgIpc) is 3.00. The molecule has 2 aromatic carbocycles. The highest BCUT2D eigenvalue weighted by molar-refractivity contribution is 6.05. The Morgan fingerprint density at radius 2 is 1.79 bits per heavy atom. The highest BCUT2D eigenvalue weighted by Gasteiger charge is 2.31. The van der Waals surface area contributed by atoms with Crippen molar-refractivity contribution in [3.8, 4) is 5.75 Å². The standard InChI is InChI=1S/C21H18N2O6/c1-11-13-8-12(6-7-14(13)22-20(11)26)16(24)10-28-19(25)9-18-21(27)23-15-4-2-3-5-17(15)29-18/h2-8,11,18H,9-10H2,1H3,(H,22,26)(H,23,27)/t11-,18-/m1/s1. The number of hydrogen-bond donors (Lipinski definition) is 2. The number of nitrogens with one attached hydrogen (secondary N) is 2. The van der Waals surface area contributed by atoms with Gasteiger partial charge in [-0.15, -0.1) is 0 Å². The summed E-state index contributed by atoms with van der Waals surface area (Å²) < 4.78 is 10.6. The zero-order valence-electron chi connectivity index (χ0n) is 15.6. The van der Waals surface area contributed by atoms with Crippen molar-refractivity contribution in [1.29, 1.82) is 0 Å². The molecule has 2 atom stereocenters. The Labute approximate surface area is 166 Å². The Balaban J connectivity index is 1.34. The first-order valence-corrected chi connectivity index (χ1v) is 9.12. The van der Waals surface area contributed by atoms with Crippen LogP contribution in [0.4, 0.5) is 11.4 Å². The van der Waals surface area contributed by atoms with E-state index in [1.54, 1.807) is 49.4 Å². The molecule has 0 aromatic heterocycles. The van der Waals surface area contributed by atoms with Crippen LogP contribution >= 0.6 is 0 Å². The highest BCUT2D eigenvalue weighted by atomic mass is 16.5. The van der Waals surface area contributed by atoms with Gasteiger partial charge in [-0.25, -0.2) is 0 Å². The van der Waals surface area contributed by atoms with Gasteiger partial charge >= 0.3 is 5.97 Å². The summed E-state index contributed by atoms with van der Waals surface area (Å²) in [5.74, 6) is -1.56. The molecule has 0 spiro atoms. The quantitative estimate of drug-likeness (QED) is 0.594. The predicted octanol–water partition coefficient (Wildman–Crippen LogP) is 2.26. The normalized spacial score (nSPS) is 19.3.